The third-order valence-electron chi connectivity index (χ3n) is 7.06. The lowest BCUT2D eigenvalue weighted by Gasteiger charge is -2.38. The zero-order valence-electron chi connectivity index (χ0n) is 22.9. The van der Waals surface area contributed by atoms with Crippen LogP contribution in [-0.2, 0) is 38.8 Å². The minimum absolute atomic E-state index is 0.167. The van der Waals surface area contributed by atoms with Gasteiger partial charge in [-0.25, -0.2) is 0 Å². The molecule has 0 amide bonds. The van der Waals surface area contributed by atoms with E-state index in [0.29, 0.717) is 32.3 Å². The van der Waals surface area contributed by atoms with Gasteiger partial charge >= 0.3 is 0 Å². The van der Waals surface area contributed by atoms with Crippen molar-refractivity contribution >= 4 is 0 Å². The summed E-state index contributed by atoms with van der Waals surface area (Å²) in [4.78, 5) is 0. The molecule has 0 unspecified atom stereocenters. The van der Waals surface area contributed by atoms with Gasteiger partial charge in [-0.2, -0.15) is 5.26 Å². The molecule has 0 aliphatic carbocycles. The first-order valence-corrected chi connectivity index (χ1v) is 13.7. The molecule has 3 aromatic rings. The minimum Gasteiger partial charge on any atom is -0.497 e. The third kappa shape index (κ3) is 9.19. The normalized spacial score (nSPS) is 23.4. The van der Waals surface area contributed by atoms with E-state index in [9.17, 15) is 5.26 Å². The van der Waals surface area contributed by atoms with Crippen molar-refractivity contribution in [1.82, 2.24) is 0 Å². The first-order valence-electron chi connectivity index (χ1n) is 13.7. The van der Waals surface area contributed by atoms with Crippen LogP contribution in [0.4, 0.5) is 0 Å². The summed E-state index contributed by atoms with van der Waals surface area (Å²) in [6.07, 6.45) is 0.739. The molecule has 3 aromatic carbocycles. The molecule has 1 saturated heterocycles. The standard InChI is InChI=1S/C33H39NO5/c1-25-19-31(37-23-28-13-15-29(35-2)16-14-28)30(17-18-34)39-33(24-36-21-26-9-5-3-6-10-26)32(20-25)38-22-27-11-7-4-8-12-27/h3-16,25,30-33H,17,19-24H2,1-2H3/t25-,30-,31+,32-,33+/m1/s1. The molecule has 6 nitrogen and oxygen atoms in total. The fourth-order valence-electron chi connectivity index (χ4n) is 4.93. The Bertz CT molecular complexity index is 1130. The van der Waals surface area contributed by atoms with E-state index in [-0.39, 0.29) is 30.8 Å². The molecule has 1 heterocycles. The Morgan fingerprint density at radius 1 is 0.744 bits per heavy atom. The molecule has 6 heteroatoms. The first kappa shape index (κ1) is 28.8. The topological polar surface area (TPSA) is 69.9 Å². The molecule has 206 valence electrons. The molecule has 5 atom stereocenters. The van der Waals surface area contributed by atoms with Crippen LogP contribution in [0.2, 0.25) is 0 Å². The number of benzene rings is 3. The Balaban J connectivity index is 1.47. The van der Waals surface area contributed by atoms with Gasteiger partial charge in [0, 0.05) is 0 Å². The van der Waals surface area contributed by atoms with Crippen molar-refractivity contribution in [3.05, 3.63) is 102 Å². The molecule has 1 aliphatic heterocycles. The van der Waals surface area contributed by atoms with Crippen LogP contribution in [0, 0.1) is 17.2 Å². The number of nitrogens with zero attached hydrogens (tertiary/aromatic N) is 1. The summed E-state index contributed by atoms with van der Waals surface area (Å²) in [6.45, 7) is 4.02. The molecule has 39 heavy (non-hydrogen) atoms. The molecular formula is C33H39NO5. The van der Waals surface area contributed by atoms with E-state index in [1.165, 1.54) is 0 Å². The smallest absolute Gasteiger partial charge is 0.118 e. The van der Waals surface area contributed by atoms with Crippen molar-refractivity contribution in [2.45, 2.75) is 70.4 Å². The molecule has 0 radical (unpaired) electrons. The molecule has 0 bridgehead atoms. The zero-order valence-corrected chi connectivity index (χ0v) is 22.9. The molecule has 0 aromatic heterocycles. The summed E-state index contributed by atoms with van der Waals surface area (Å²) < 4.78 is 30.9. The van der Waals surface area contributed by atoms with Gasteiger partial charge in [0.15, 0.2) is 0 Å². The van der Waals surface area contributed by atoms with Crippen molar-refractivity contribution in [1.29, 1.82) is 5.26 Å². The summed E-state index contributed by atoms with van der Waals surface area (Å²) >= 11 is 0. The van der Waals surface area contributed by atoms with Gasteiger partial charge in [0.05, 0.1) is 64.3 Å². The maximum Gasteiger partial charge on any atom is 0.118 e. The summed E-state index contributed by atoms with van der Waals surface area (Å²) in [5.41, 5.74) is 3.27. The van der Waals surface area contributed by atoms with Crippen LogP contribution in [0.15, 0.2) is 84.9 Å². The maximum atomic E-state index is 9.67. The van der Waals surface area contributed by atoms with E-state index >= 15 is 0 Å². The number of rotatable bonds is 12. The molecular weight excluding hydrogens is 490 g/mol. The first-order chi connectivity index (χ1) is 19.1. The largest absolute Gasteiger partial charge is 0.497 e. The zero-order chi connectivity index (χ0) is 27.3. The van der Waals surface area contributed by atoms with Crippen LogP contribution < -0.4 is 4.74 Å². The summed E-state index contributed by atoms with van der Waals surface area (Å²) in [5.74, 6) is 1.12. The molecule has 1 aliphatic rings. The monoisotopic (exact) mass is 529 g/mol. The second-order valence-corrected chi connectivity index (χ2v) is 10.2. The van der Waals surface area contributed by atoms with Gasteiger partial charge in [-0.1, -0.05) is 79.7 Å². The number of ether oxygens (including phenoxy) is 5. The SMILES string of the molecule is COc1ccc(CO[C@H]2C[C@@H](C)C[C@@H](OCc3ccccc3)[C@H](COCc3ccccc3)O[C@@H]2CC#N)cc1. The van der Waals surface area contributed by atoms with Crippen molar-refractivity contribution in [2.75, 3.05) is 13.7 Å². The molecule has 4 rings (SSSR count). The highest BCUT2D eigenvalue weighted by Gasteiger charge is 2.36. The highest BCUT2D eigenvalue weighted by Crippen LogP contribution is 2.30. The van der Waals surface area contributed by atoms with Gasteiger partial charge in [0.2, 0.25) is 0 Å². The highest BCUT2D eigenvalue weighted by atomic mass is 16.6. The van der Waals surface area contributed by atoms with Crippen molar-refractivity contribution in [2.24, 2.45) is 5.92 Å². The summed E-state index contributed by atoms with van der Waals surface area (Å²) in [6, 6.07) is 30.4. The van der Waals surface area contributed by atoms with Crippen LogP contribution in [0.3, 0.4) is 0 Å². The fourth-order valence-corrected chi connectivity index (χ4v) is 4.93. The van der Waals surface area contributed by atoms with Crippen LogP contribution in [0.5, 0.6) is 5.75 Å². The summed E-state index contributed by atoms with van der Waals surface area (Å²) in [5, 5.41) is 9.67. The average molecular weight is 530 g/mol. The highest BCUT2D eigenvalue weighted by molar-refractivity contribution is 5.26. The molecule has 0 spiro atoms. The molecule has 0 saturated carbocycles. The van der Waals surface area contributed by atoms with Crippen LogP contribution in [0.25, 0.3) is 0 Å². The van der Waals surface area contributed by atoms with Gasteiger partial charge in [-0.05, 0) is 47.6 Å². The Hall–Kier alpha value is -3.21. The van der Waals surface area contributed by atoms with Gasteiger partial charge in [-0.15, -0.1) is 0 Å². The van der Waals surface area contributed by atoms with E-state index < -0.39 is 0 Å². The Morgan fingerprint density at radius 3 is 1.85 bits per heavy atom. The number of hydrogen-bond acceptors (Lipinski definition) is 6. The fraction of sp³-hybridized carbons (Fsp3) is 0.424. The number of hydrogen-bond donors (Lipinski definition) is 0. The number of methoxy groups -OCH3 is 1. The van der Waals surface area contributed by atoms with Gasteiger partial charge < -0.3 is 23.7 Å². The average Bonchev–Trinajstić information content (AvgIpc) is 2.97. The lowest BCUT2D eigenvalue weighted by Crippen LogP contribution is -2.46. The van der Waals surface area contributed by atoms with Crippen LogP contribution in [0.1, 0.15) is 42.9 Å². The van der Waals surface area contributed by atoms with Crippen molar-refractivity contribution < 1.29 is 23.7 Å². The molecule has 0 N–H and O–H groups in total. The van der Waals surface area contributed by atoms with Gasteiger partial charge in [0.25, 0.3) is 0 Å². The van der Waals surface area contributed by atoms with E-state index in [0.717, 1.165) is 35.3 Å². The minimum atomic E-state index is -0.385. The third-order valence-corrected chi connectivity index (χ3v) is 7.06. The van der Waals surface area contributed by atoms with E-state index in [1.807, 2.05) is 72.8 Å². The van der Waals surface area contributed by atoms with E-state index in [2.05, 4.69) is 25.1 Å². The van der Waals surface area contributed by atoms with E-state index in [1.54, 1.807) is 7.11 Å². The Morgan fingerprint density at radius 2 is 1.28 bits per heavy atom. The van der Waals surface area contributed by atoms with Gasteiger partial charge in [0.1, 0.15) is 11.9 Å². The second kappa shape index (κ2) is 15.4. The summed E-state index contributed by atoms with van der Waals surface area (Å²) in [7, 11) is 1.65. The predicted octanol–water partition coefficient (Wildman–Crippen LogP) is 6.48. The van der Waals surface area contributed by atoms with Crippen LogP contribution in [-0.4, -0.2) is 38.1 Å². The second-order valence-electron chi connectivity index (χ2n) is 10.2. The van der Waals surface area contributed by atoms with Crippen molar-refractivity contribution in [3.63, 3.8) is 0 Å². The number of nitriles is 1. The van der Waals surface area contributed by atoms with Crippen LogP contribution >= 0.6 is 0 Å². The van der Waals surface area contributed by atoms with Crippen molar-refractivity contribution in [3.8, 4) is 11.8 Å². The van der Waals surface area contributed by atoms with E-state index in [4.69, 9.17) is 23.7 Å². The lowest BCUT2D eigenvalue weighted by atomic mass is 9.90. The predicted molar refractivity (Wildman–Crippen MR) is 150 cm³/mol. The molecule has 1 fully saturated rings. The Kier molecular flexibility index (Phi) is 11.4. The lowest BCUT2D eigenvalue weighted by molar-refractivity contribution is -0.184. The maximum absolute atomic E-state index is 9.67. The van der Waals surface area contributed by atoms with Gasteiger partial charge in [-0.3, -0.25) is 0 Å². The quantitative estimate of drug-likeness (QED) is 0.267. The Labute approximate surface area is 232 Å².